The summed E-state index contributed by atoms with van der Waals surface area (Å²) in [7, 11) is -7.52. The maximum Gasteiger partial charge on any atom is 0.425 e. The van der Waals surface area contributed by atoms with Crippen LogP contribution in [0.5, 0.6) is 0 Å². The summed E-state index contributed by atoms with van der Waals surface area (Å²) < 4.78 is 59.9. The van der Waals surface area contributed by atoms with E-state index in [0.29, 0.717) is 38.1 Å². The Bertz CT molecular complexity index is 3060. The number of benzene rings is 4. The number of hydrogen-bond acceptors (Lipinski definition) is 23. The van der Waals surface area contributed by atoms with Gasteiger partial charge in [0.15, 0.2) is 0 Å². The number of fused-ring (bicyclic) bond motifs is 2. The quantitative estimate of drug-likeness (QED) is 0.0355. The lowest BCUT2D eigenvalue weighted by molar-refractivity contribution is 0.280. The molecular weight excluding hydrogens is 945 g/mol. The first kappa shape index (κ1) is 49.7. The van der Waals surface area contributed by atoms with Crippen molar-refractivity contribution in [2.75, 3.05) is 77.8 Å². The normalized spacial score (nSPS) is 11.6. The second-order valence-electron chi connectivity index (χ2n) is 13.9. The van der Waals surface area contributed by atoms with Gasteiger partial charge in [-0.2, -0.15) is 23.4 Å². The molecule has 0 unspecified atom stereocenters. The molecule has 67 heavy (non-hydrogen) atoms. The standard InChI is InChI=1S/C41H46N14O5S3.O3S/c1-5-53(6-2)26-13-16-29(49-51-40-44-31-11-9-10-12-35(31)61-40)33(23-26)42-37-46-38(48-39(47-37)55(19-21-56)20-22-57)43-34-24-27(54(7-3)8-4)14-17-30(34)50-52-41-45-32-18-15-28(63(58,59)60)25-36(32)62-41;1-4(2)3/h9-18,23-25,56-57H,5-8,19-22H2,1-4H3,(H,58,59,60)(H2,42,43,46,47,48);. The largest absolute Gasteiger partial charge is 0.425 e. The zero-order valence-electron chi connectivity index (χ0n) is 36.5. The second kappa shape index (κ2) is 23.2. The number of rotatable bonds is 20. The van der Waals surface area contributed by atoms with E-state index in [1.54, 1.807) is 11.0 Å². The molecule has 352 valence electrons. The van der Waals surface area contributed by atoms with E-state index in [2.05, 4.69) is 78.6 Å². The zero-order chi connectivity index (χ0) is 48.1. The van der Waals surface area contributed by atoms with Crippen LogP contribution < -0.4 is 25.3 Å². The lowest BCUT2D eigenvalue weighted by Crippen LogP contribution is -2.31. The molecule has 0 aliphatic heterocycles. The van der Waals surface area contributed by atoms with Gasteiger partial charge in [0, 0.05) is 50.6 Å². The average molecular weight is 991 g/mol. The van der Waals surface area contributed by atoms with Gasteiger partial charge in [0.05, 0.1) is 49.9 Å². The number of nitrogens with one attached hydrogen (secondary N) is 2. The van der Waals surface area contributed by atoms with Crippen LogP contribution in [-0.4, -0.2) is 113 Å². The van der Waals surface area contributed by atoms with E-state index in [9.17, 15) is 23.2 Å². The first-order chi connectivity index (χ1) is 32.2. The molecule has 0 radical (unpaired) electrons. The summed E-state index contributed by atoms with van der Waals surface area (Å²) in [5.74, 6) is 0.433. The number of para-hydroxylation sites is 1. The van der Waals surface area contributed by atoms with Crippen molar-refractivity contribution in [2.45, 2.75) is 32.6 Å². The Balaban J connectivity index is 0.00000178. The predicted octanol–water partition coefficient (Wildman–Crippen LogP) is 8.14. The fourth-order valence-corrected chi connectivity index (χ4v) is 8.79. The molecule has 26 heteroatoms. The van der Waals surface area contributed by atoms with E-state index in [-0.39, 0.29) is 54.2 Å². The van der Waals surface area contributed by atoms with Gasteiger partial charge in [-0.05, 0) is 94.4 Å². The van der Waals surface area contributed by atoms with Crippen LogP contribution >= 0.6 is 22.7 Å². The highest BCUT2D eigenvalue weighted by Gasteiger charge is 2.19. The van der Waals surface area contributed by atoms with Crippen LogP contribution in [0.15, 0.2) is 104 Å². The number of nitrogens with zero attached hydrogens (tertiary/aromatic N) is 12. The topological polar surface area (TPSA) is 294 Å². The summed E-state index contributed by atoms with van der Waals surface area (Å²) in [4.78, 5) is 29.1. The van der Waals surface area contributed by atoms with Crippen molar-refractivity contribution in [1.82, 2.24) is 24.9 Å². The Morgan fingerprint density at radius 2 is 1.07 bits per heavy atom. The highest BCUT2D eigenvalue weighted by molar-refractivity contribution is 7.85. The van der Waals surface area contributed by atoms with Crippen molar-refractivity contribution in [2.24, 2.45) is 20.5 Å². The molecule has 0 aliphatic carbocycles. The molecule has 0 saturated carbocycles. The summed E-state index contributed by atoms with van der Waals surface area (Å²) in [5.41, 5.74) is 5.12. The number of hydrogen-bond donors (Lipinski definition) is 5. The maximum atomic E-state index is 11.7. The van der Waals surface area contributed by atoms with Gasteiger partial charge >= 0.3 is 10.6 Å². The third-order valence-corrected chi connectivity index (χ3v) is 12.4. The molecule has 0 spiro atoms. The summed E-state index contributed by atoms with van der Waals surface area (Å²) in [6.45, 7) is 11.1. The third-order valence-electron chi connectivity index (χ3n) is 9.77. The van der Waals surface area contributed by atoms with Crippen molar-refractivity contribution in [3.05, 3.63) is 78.9 Å². The minimum Gasteiger partial charge on any atom is -0.395 e. The van der Waals surface area contributed by atoms with Crippen molar-refractivity contribution in [3.63, 3.8) is 0 Å². The fraction of sp³-hybridized carbons (Fsp3) is 0.293. The van der Waals surface area contributed by atoms with Crippen LogP contribution in [0.1, 0.15) is 27.7 Å². The van der Waals surface area contributed by atoms with E-state index in [4.69, 9.17) is 27.6 Å². The number of azo groups is 2. The fourth-order valence-electron chi connectivity index (χ4n) is 6.60. The van der Waals surface area contributed by atoms with Crippen LogP contribution in [0.25, 0.3) is 20.4 Å². The zero-order valence-corrected chi connectivity index (χ0v) is 39.8. The number of anilines is 7. The van der Waals surface area contributed by atoms with Crippen LogP contribution in [-0.2, 0) is 20.7 Å². The molecule has 3 heterocycles. The Kier molecular flexibility index (Phi) is 17.2. The van der Waals surface area contributed by atoms with Gasteiger partial charge in [0.2, 0.25) is 28.1 Å². The van der Waals surface area contributed by atoms with Gasteiger partial charge in [-0.1, -0.05) is 34.8 Å². The number of thiazole rings is 2. The van der Waals surface area contributed by atoms with Crippen molar-refractivity contribution < 1.29 is 35.8 Å². The maximum absolute atomic E-state index is 11.7. The number of aliphatic hydroxyl groups excluding tert-OH is 2. The molecule has 7 aromatic rings. The van der Waals surface area contributed by atoms with Crippen molar-refractivity contribution in [3.8, 4) is 0 Å². The van der Waals surface area contributed by atoms with Gasteiger partial charge in [0.1, 0.15) is 11.4 Å². The van der Waals surface area contributed by atoms with Crippen molar-refractivity contribution in [1.29, 1.82) is 0 Å². The molecule has 0 fully saturated rings. The van der Waals surface area contributed by atoms with E-state index in [0.717, 1.165) is 59.1 Å². The molecule has 0 aliphatic rings. The van der Waals surface area contributed by atoms with Crippen LogP contribution in [0.3, 0.4) is 0 Å². The van der Waals surface area contributed by atoms with E-state index in [1.807, 2.05) is 54.6 Å². The van der Waals surface area contributed by atoms with Crippen LogP contribution in [0, 0.1) is 0 Å². The minimum absolute atomic E-state index is 0.117. The average Bonchev–Trinajstić information content (AvgIpc) is 3.92. The van der Waals surface area contributed by atoms with Crippen molar-refractivity contribution >= 4 is 126 Å². The Labute approximate surface area is 394 Å². The molecule has 4 aromatic carbocycles. The molecule has 0 saturated heterocycles. The van der Waals surface area contributed by atoms with E-state index in [1.165, 1.54) is 29.5 Å². The highest BCUT2D eigenvalue weighted by Crippen LogP contribution is 2.38. The van der Waals surface area contributed by atoms with Gasteiger partial charge < -0.3 is 35.5 Å². The third kappa shape index (κ3) is 13.2. The van der Waals surface area contributed by atoms with Gasteiger partial charge in [-0.15, -0.1) is 33.1 Å². The smallest absolute Gasteiger partial charge is 0.395 e. The second-order valence-corrected chi connectivity index (χ2v) is 17.7. The summed E-state index contributed by atoms with van der Waals surface area (Å²) in [5, 5.41) is 45.5. The van der Waals surface area contributed by atoms with Gasteiger partial charge in [0.25, 0.3) is 10.1 Å². The molecule has 5 N–H and O–H groups in total. The van der Waals surface area contributed by atoms with Gasteiger partial charge in [-0.3, -0.25) is 4.55 Å². The lowest BCUT2D eigenvalue weighted by Gasteiger charge is -2.24. The van der Waals surface area contributed by atoms with Gasteiger partial charge in [-0.25, -0.2) is 9.97 Å². The number of aromatic nitrogens is 5. The summed E-state index contributed by atoms with van der Waals surface area (Å²) >= 11 is 2.55. The monoisotopic (exact) mass is 990 g/mol. The van der Waals surface area contributed by atoms with Crippen LogP contribution in [0.2, 0.25) is 0 Å². The van der Waals surface area contributed by atoms with E-state index < -0.39 is 20.7 Å². The Hall–Kier alpha value is -6.68. The molecule has 0 atom stereocenters. The summed E-state index contributed by atoms with van der Waals surface area (Å²) in [6, 6.07) is 23.3. The predicted molar refractivity (Wildman–Crippen MR) is 260 cm³/mol. The SMILES string of the molecule is CCN(CC)c1ccc(N=Nc2nc3ccccc3s2)c(Nc2nc(Nc3cc(N(CC)CC)ccc3N=Nc3nc4ccc(S(=O)(=O)O)cc4s3)nc(N(CCO)CCO)n2)c1.O=S(=O)=O. The molecule has 22 nitrogen and oxygen atoms in total. The molecule has 3 aromatic heterocycles. The molecule has 0 amide bonds. The Morgan fingerprint density at radius 3 is 1.54 bits per heavy atom. The van der Waals surface area contributed by atoms with Crippen LogP contribution in [0.4, 0.5) is 62.2 Å². The lowest BCUT2D eigenvalue weighted by atomic mass is 10.2. The molecule has 7 rings (SSSR count). The summed E-state index contributed by atoms with van der Waals surface area (Å²) in [6.07, 6.45) is 0. The molecular formula is C41H46N14O8S4. The first-order valence-electron chi connectivity index (χ1n) is 20.6. The number of aliphatic hydroxyl groups is 2. The first-order valence-corrected chi connectivity index (χ1v) is 24.7. The van der Waals surface area contributed by atoms with E-state index >= 15 is 0 Å². The Morgan fingerprint density at radius 1 is 0.597 bits per heavy atom. The molecule has 0 bridgehead atoms. The minimum atomic E-state index is -4.40. The highest BCUT2D eigenvalue weighted by atomic mass is 32.2.